The lowest BCUT2D eigenvalue weighted by molar-refractivity contribution is 0.201. The third-order valence-corrected chi connectivity index (χ3v) is 5.23. The molecule has 0 bridgehead atoms. The summed E-state index contributed by atoms with van der Waals surface area (Å²) in [4.78, 5) is 4.74. The molecule has 1 aliphatic heterocycles. The third kappa shape index (κ3) is 3.13. The highest BCUT2D eigenvalue weighted by Crippen LogP contribution is 2.38. The summed E-state index contributed by atoms with van der Waals surface area (Å²) in [6.07, 6.45) is 6.63. The normalized spacial score (nSPS) is 21.5. The zero-order chi connectivity index (χ0) is 16.5. The molecule has 1 aliphatic carbocycles. The van der Waals surface area contributed by atoms with Crippen LogP contribution in [0.2, 0.25) is 0 Å². The minimum atomic E-state index is 0.502. The van der Waals surface area contributed by atoms with E-state index < -0.39 is 0 Å². The highest BCUT2D eigenvalue weighted by atomic mass is 15.3. The first-order valence-electron chi connectivity index (χ1n) is 8.83. The Morgan fingerprint density at radius 3 is 2.83 bits per heavy atom. The van der Waals surface area contributed by atoms with Crippen molar-refractivity contribution in [1.82, 2.24) is 29.9 Å². The first-order valence-corrected chi connectivity index (χ1v) is 8.83. The van der Waals surface area contributed by atoms with Gasteiger partial charge in [-0.15, -0.1) is 15.3 Å². The first kappa shape index (κ1) is 15.5. The maximum atomic E-state index is 4.42. The molecule has 0 spiro atoms. The molecule has 0 unspecified atom stereocenters. The molecule has 4 rings (SSSR count). The number of anilines is 1. The van der Waals surface area contributed by atoms with Crippen molar-refractivity contribution < 1.29 is 0 Å². The number of rotatable bonds is 5. The van der Waals surface area contributed by atoms with Gasteiger partial charge in [0.05, 0.1) is 6.54 Å². The summed E-state index contributed by atoms with van der Waals surface area (Å²) < 4.78 is 2.19. The van der Waals surface area contributed by atoms with E-state index in [9.17, 15) is 0 Å². The fraction of sp³-hybridized carbons (Fsp3) is 0.647. The van der Waals surface area contributed by atoms with Gasteiger partial charge in [-0.05, 0) is 44.9 Å². The van der Waals surface area contributed by atoms with Crippen LogP contribution in [-0.2, 0) is 13.6 Å². The number of hydrogen-bond donors (Lipinski definition) is 0. The molecule has 0 radical (unpaired) electrons. The Hall–Kier alpha value is -2.02. The highest BCUT2D eigenvalue weighted by Gasteiger charge is 2.30. The summed E-state index contributed by atoms with van der Waals surface area (Å²) in [5, 5.41) is 17.1. The summed E-state index contributed by atoms with van der Waals surface area (Å²) in [6.45, 7) is 2.89. The highest BCUT2D eigenvalue weighted by molar-refractivity contribution is 5.37. The van der Waals surface area contributed by atoms with Gasteiger partial charge in [0.1, 0.15) is 11.6 Å². The molecular formula is C17H25N7. The van der Waals surface area contributed by atoms with E-state index in [2.05, 4.69) is 48.9 Å². The Labute approximate surface area is 142 Å². The van der Waals surface area contributed by atoms with Gasteiger partial charge in [0.15, 0.2) is 5.82 Å². The van der Waals surface area contributed by atoms with Gasteiger partial charge in [-0.2, -0.15) is 5.10 Å². The van der Waals surface area contributed by atoms with Gasteiger partial charge in [-0.1, -0.05) is 0 Å². The van der Waals surface area contributed by atoms with E-state index in [1.807, 2.05) is 12.1 Å². The molecule has 1 atom stereocenters. The number of nitrogens with zero attached hydrogens (tertiary/aromatic N) is 7. The van der Waals surface area contributed by atoms with Gasteiger partial charge >= 0.3 is 0 Å². The third-order valence-electron chi connectivity index (χ3n) is 5.23. The second-order valence-electron chi connectivity index (χ2n) is 7.05. The first-order chi connectivity index (χ1) is 11.7. The molecular weight excluding hydrogens is 302 g/mol. The van der Waals surface area contributed by atoms with Gasteiger partial charge in [-0.25, -0.2) is 0 Å². The molecule has 2 aliphatic rings. The Balaban J connectivity index is 1.41. The van der Waals surface area contributed by atoms with Crippen molar-refractivity contribution in [3.05, 3.63) is 30.0 Å². The minimum absolute atomic E-state index is 0.502. The molecule has 1 saturated heterocycles. The van der Waals surface area contributed by atoms with E-state index in [4.69, 9.17) is 0 Å². The molecule has 2 aromatic heterocycles. The van der Waals surface area contributed by atoms with Gasteiger partial charge in [0, 0.05) is 38.3 Å². The van der Waals surface area contributed by atoms with Crippen LogP contribution >= 0.6 is 0 Å². The Bertz CT molecular complexity index is 680. The van der Waals surface area contributed by atoms with E-state index in [0.717, 1.165) is 37.1 Å². The predicted octanol–water partition coefficient (Wildman–Crippen LogP) is 1.58. The van der Waals surface area contributed by atoms with Crippen LogP contribution in [-0.4, -0.2) is 56.0 Å². The predicted molar refractivity (Wildman–Crippen MR) is 91.7 cm³/mol. The summed E-state index contributed by atoms with van der Waals surface area (Å²) in [6, 6.07) is 4.50. The zero-order valence-electron chi connectivity index (χ0n) is 14.5. The number of piperidine rings is 1. The SMILES string of the molecule is CN(Cc1nnc(C2CC2)n1C)[C@H]1CCCN(c2cccnn2)C1. The lowest BCUT2D eigenvalue weighted by atomic mass is 10.0. The number of likely N-dealkylation sites (N-methyl/N-ethyl adjacent to an activating group) is 1. The van der Waals surface area contributed by atoms with Crippen LogP contribution in [0.4, 0.5) is 5.82 Å². The van der Waals surface area contributed by atoms with Gasteiger partial charge < -0.3 is 9.47 Å². The van der Waals surface area contributed by atoms with E-state index in [-0.39, 0.29) is 0 Å². The molecule has 0 aromatic carbocycles. The van der Waals surface area contributed by atoms with Crippen molar-refractivity contribution in [2.75, 3.05) is 25.0 Å². The topological polar surface area (TPSA) is 63.0 Å². The van der Waals surface area contributed by atoms with E-state index in [0.29, 0.717) is 12.0 Å². The number of hydrogen-bond acceptors (Lipinski definition) is 6. The molecule has 2 aromatic rings. The maximum Gasteiger partial charge on any atom is 0.151 e. The molecule has 128 valence electrons. The second-order valence-corrected chi connectivity index (χ2v) is 7.05. The minimum Gasteiger partial charge on any atom is -0.354 e. The van der Waals surface area contributed by atoms with Crippen molar-refractivity contribution in [3.63, 3.8) is 0 Å². The fourth-order valence-corrected chi connectivity index (χ4v) is 3.55. The molecule has 0 N–H and O–H groups in total. The fourth-order valence-electron chi connectivity index (χ4n) is 3.55. The van der Waals surface area contributed by atoms with Crippen LogP contribution in [0.5, 0.6) is 0 Å². The molecule has 3 heterocycles. The molecule has 1 saturated carbocycles. The van der Waals surface area contributed by atoms with Crippen LogP contribution in [0.1, 0.15) is 43.3 Å². The van der Waals surface area contributed by atoms with Crippen LogP contribution in [0.3, 0.4) is 0 Å². The smallest absolute Gasteiger partial charge is 0.151 e. The van der Waals surface area contributed by atoms with Crippen molar-refractivity contribution in [1.29, 1.82) is 0 Å². The van der Waals surface area contributed by atoms with Gasteiger partial charge in [0.2, 0.25) is 0 Å². The van der Waals surface area contributed by atoms with Crippen LogP contribution in [0.15, 0.2) is 18.3 Å². The lowest BCUT2D eigenvalue weighted by Gasteiger charge is -2.37. The van der Waals surface area contributed by atoms with Crippen LogP contribution in [0, 0.1) is 0 Å². The Morgan fingerprint density at radius 2 is 2.08 bits per heavy atom. The van der Waals surface area contributed by atoms with Crippen LogP contribution in [0.25, 0.3) is 0 Å². The average Bonchev–Trinajstić information content (AvgIpc) is 3.41. The summed E-state index contributed by atoms with van der Waals surface area (Å²) >= 11 is 0. The van der Waals surface area contributed by atoms with Crippen molar-refractivity contribution in [3.8, 4) is 0 Å². The summed E-state index contributed by atoms with van der Waals surface area (Å²) in [7, 11) is 4.29. The summed E-state index contributed by atoms with van der Waals surface area (Å²) in [5.41, 5.74) is 0. The molecule has 7 heteroatoms. The maximum absolute atomic E-state index is 4.42. The molecule has 2 fully saturated rings. The van der Waals surface area contributed by atoms with E-state index >= 15 is 0 Å². The number of aromatic nitrogens is 5. The Morgan fingerprint density at radius 1 is 1.21 bits per heavy atom. The summed E-state index contributed by atoms with van der Waals surface area (Å²) in [5.74, 6) is 3.84. The Kier molecular flexibility index (Phi) is 4.18. The van der Waals surface area contributed by atoms with E-state index in [1.165, 1.54) is 25.7 Å². The van der Waals surface area contributed by atoms with Crippen molar-refractivity contribution in [2.45, 2.75) is 44.2 Å². The molecule has 0 amide bonds. The van der Waals surface area contributed by atoms with Gasteiger partial charge in [0.25, 0.3) is 0 Å². The lowest BCUT2D eigenvalue weighted by Crippen LogP contribution is -2.46. The standard InChI is InChI=1S/C17H25N7/c1-22(12-16-20-21-17(23(16)2)13-7-8-13)14-5-4-10-24(11-14)15-6-3-9-18-19-15/h3,6,9,13-14H,4-5,7-8,10-12H2,1-2H3/t14-/m0/s1. The van der Waals surface area contributed by atoms with Crippen molar-refractivity contribution in [2.24, 2.45) is 7.05 Å². The van der Waals surface area contributed by atoms with E-state index in [1.54, 1.807) is 6.20 Å². The monoisotopic (exact) mass is 327 g/mol. The quantitative estimate of drug-likeness (QED) is 0.831. The second kappa shape index (κ2) is 6.47. The molecule has 24 heavy (non-hydrogen) atoms. The van der Waals surface area contributed by atoms with Gasteiger partial charge in [-0.3, -0.25) is 4.90 Å². The van der Waals surface area contributed by atoms with Crippen molar-refractivity contribution >= 4 is 5.82 Å². The zero-order valence-corrected chi connectivity index (χ0v) is 14.5. The largest absolute Gasteiger partial charge is 0.354 e. The van der Waals surface area contributed by atoms with Crippen LogP contribution < -0.4 is 4.90 Å². The molecule has 7 nitrogen and oxygen atoms in total. The average molecular weight is 327 g/mol.